The normalized spacial score (nSPS) is 11.8. The van der Waals surface area contributed by atoms with Gasteiger partial charge in [-0.3, -0.25) is 9.78 Å². The van der Waals surface area contributed by atoms with Crippen LogP contribution < -0.4 is 10.7 Å². The molecule has 0 amide bonds. The van der Waals surface area contributed by atoms with E-state index >= 15 is 0 Å². The highest BCUT2D eigenvalue weighted by molar-refractivity contribution is 5.84. The molecule has 0 radical (unpaired) electrons. The van der Waals surface area contributed by atoms with Crippen molar-refractivity contribution in [2.75, 3.05) is 5.32 Å². The third-order valence-corrected chi connectivity index (χ3v) is 5.20. The molecule has 0 spiro atoms. The Morgan fingerprint density at radius 3 is 2.67 bits per heavy atom. The Kier molecular flexibility index (Phi) is 5.07. The Morgan fingerprint density at radius 1 is 1.13 bits per heavy atom. The van der Waals surface area contributed by atoms with E-state index < -0.39 is 0 Å². The van der Waals surface area contributed by atoms with Crippen LogP contribution >= 0.6 is 0 Å². The summed E-state index contributed by atoms with van der Waals surface area (Å²) in [5.74, 6) is 0.523. The maximum Gasteiger partial charge on any atom is 0.196 e. The van der Waals surface area contributed by atoms with Crippen molar-refractivity contribution in [3.05, 3.63) is 93.4 Å². The Hall–Kier alpha value is -3.91. The summed E-state index contributed by atoms with van der Waals surface area (Å²) in [6, 6.07) is 16.9. The first kappa shape index (κ1) is 19.4. The first-order valence-corrected chi connectivity index (χ1v) is 9.73. The SMILES string of the molecule is Cc1cc(C(C)Nc2ccccc2C#N)c2oc(-c3cccnc3)c(C)c(=O)c2c1. The van der Waals surface area contributed by atoms with Crippen LogP contribution in [0, 0.1) is 25.2 Å². The first-order chi connectivity index (χ1) is 14.5. The molecule has 0 saturated heterocycles. The van der Waals surface area contributed by atoms with Gasteiger partial charge in [0.05, 0.1) is 22.7 Å². The van der Waals surface area contributed by atoms with Crippen molar-refractivity contribution in [1.82, 2.24) is 4.98 Å². The molecule has 0 bridgehead atoms. The van der Waals surface area contributed by atoms with E-state index in [0.717, 1.165) is 22.4 Å². The van der Waals surface area contributed by atoms with E-state index in [2.05, 4.69) is 16.4 Å². The summed E-state index contributed by atoms with van der Waals surface area (Å²) in [7, 11) is 0. The van der Waals surface area contributed by atoms with Gasteiger partial charge < -0.3 is 9.73 Å². The standard InChI is InChI=1S/C25H21N3O2/c1-15-11-20(17(3)28-22-9-5-4-7-18(22)13-26)25-21(12-15)23(29)16(2)24(30-25)19-8-6-10-27-14-19/h4-12,14,17,28H,1-3H3. The van der Waals surface area contributed by atoms with Crippen molar-refractivity contribution in [3.63, 3.8) is 0 Å². The van der Waals surface area contributed by atoms with Crippen LogP contribution in [0.2, 0.25) is 0 Å². The van der Waals surface area contributed by atoms with Gasteiger partial charge in [-0.2, -0.15) is 5.26 Å². The van der Waals surface area contributed by atoms with Crippen LogP contribution in [0.4, 0.5) is 5.69 Å². The van der Waals surface area contributed by atoms with Crippen LogP contribution in [0.1, 0.15) is 35.2 Å². The fourth-order valence-electron chi connectivity index (χ4n) is 3.68. The Balaban J connectivity index is 1.90. The van der Waals surface area contributed by atoms with Crippen molar-refractivity contribution in [2.24, 2.45) is 0 Å². The quantitative estimate of drug-likeness (QED) is 0.492. The third kappa shape index (κ3) is 3.44. The van der Waals surface area contributed by atoms with Crippen molar-refractivity contribution in [1.29, 1.82) is 5.26 Å². The van der Waals surface area contributed by atoms with Gasteiger partial charge >= 0.3 is 0 Å². The molecular formula is C25H21N3O2. The Morgan fingerprint density at radius 2 is 1.93 bits per heavy atom. The van der Waals surface area contributed by atoms with E-state index in [9.17, 15) is 10.1 Å². The minimum atomic E-state index is -0.186. The lowest BCUT2D eigenvalue weighted by Crippen LogP contribution is -2.13. The molecule has 0 fully saturated rings. The molecule has 2 aromatic heterocycles. The summed E-state index contributed by atoms with van der Waals surface area (Å²) < 4.78 is 6.32. The first-order valence-electron chi connectivity index (χ1n) is 9.73. The second kappa shape index (κ2) is 7.84. The molecular weight excluding hydrogens is 374 g/mol. The molecule has 5 heteroatoms. The molecule has 30 heavy (non-hydrogen) atoms. The van der Waals surface area contributed by atoms with Crippen LogP contribution in [-0.4, -0.2) is 4.98 Å². The van der Waals surface area contributed by atoms with E-state index in [1.807, 2.05) is 56.3 Å². The number of aromatic nitrogens is 1. The molecule has 0 aliphatic rings. The van der Waals surface area contributed by atoms with Gasteiger partial charge in [-0.25, -0.2) is 0 Å². The lowest BCUT2D eigenvalue weighted by atomic mass is 9.99. The molecule has 1 N–H and O–H groups in total. The van der Waals surface area contributed by atoms with Gasteiger partial charge in [-0.05, 0) is 56.7 Å². The van der Waals surface area contributed by atoms with E-state index in [1.54, 1.807) is 25.4 Å². The van der Waals surface area contributed by atoms with Gasteiger partial charge in [-0.15, -0.1) is 0 Å². The fourth-order valence-corrected chi connectivity index (χ4v) is 3.68. The van der Waals surface area contributed by atoms with Crippen molar-refractivity contribution in [3.8, 4) is 17.4 Å². The van der Waals surface area contributed by atoms with Crippen LogP contribution in [0.25, 0.3) is 22.3 Å². The van der Waals surface area contributed by atoms with E-state index in [-0.39, 0.29) is 11.5 Å². The predicted octanol–water partition coefficient (Wildman–Crippen LogP) is 5.52. The van der Waals surface area contributed by atoms with Gasteiger partial charge in [0.1, 0.15) is 17.4 Å². The van der Waals surface area contributed by atoms with Gasteiger partial charge in [0.2, 0.25) is 0 Å². The maximum absolute atomic E-state index is 13.2. The monoisotopic (exact) mass is 395 g/mol. The van der Waals surface area contributed by atoms with Crippen LogP contribution in [-0.2, 0) is 0 Å². The number of fused-ring (bicyclic) bond motifs is 1. The second-order valence-electron chi connectivity index (χ2n) is 7.38. The van der Waals surface area contributed by atoms with Crippen molar-refractivity contribution >= 4 is 16.7 Å². The number of nitrogens with one attached hydrogen (secondary N) is 1. The molecule has 2 heterocycles. The summed E-state index contributed by atoms with van der Waals surface area (Å²) in [5.41, 5.74) is 4.95. The summed E-state index contributed by atoms with van der Waals surface area (Å²) in [5, 5.41) is 13.3. The minimum absolute atomic E-state index is 0.0512. The molecule has 148 valence electrons. The smallest absolute Gasteiger partial charge is 0.196 e. The number of benzene rings is 2. The highest BCUT2D eigenvalue weighted by atomic mass is 16.3. The summed E-state index contributed by atoms with van der Waals surface area (Å²) in [6.45, 7) is 5.73. The Labute approximate surface area is 174 Å². The lowest BCUT2D eigenvalue weighted by molar-refractivity contribution is 0.605. The third-order valence-electron chi connectivity index (χ3n) is 5.20. The summed E-state index contributed by atoms with van der Waals surface area (Å²) in [4.78, 5) is 17.3. The zero-order valence-corrected chi connectivity index (χ0v) is 17.1. The van der Waals surface area contributed by atoms with E-state index in [1.165, 1.54) is 0 Å². The number of pyridine rings is 1. The van der Waals surface area contributed by atoms with Crippen LogP contribution in [0.5, 0.6) is 0 Å². The number of nitriles is 1. The maximum atomic E-state index is 13.2. The number of aryl methyl sites for hydroxylation is 1. The number of para-hydroxylation sites is 1. The largest absolute Gasteiger partial charge is 0.455 e. The number of anilines is 1. The molecule has 1 unspecified atom stereocenters. The summed E-state index contributed by atoms with van der Waals surface area (Å²) in [6.07, 6.45) is 3.38. The van der Waals surface area contributed by atoms with E-state index in [4.69, 9.17) is 4.42 Å². The fraction of sp³-hybridized carbons (Fsp3) is 0.160. The minimum Gasteiger partial charge on any atom is -0.455 e. The molecule has 4 rings (SSSR count). The molecule has 0 aliphatic heterocycles. The molecule has 0 aliphatic carbocycles. The highest BCUT2D eigenvalue weighted by Crippen LogP contribution is 2.32. The molecule has 2 aromatic carbocycles. The zero-order chi connectivity index (χ0) is 21.3. The number of nitrogens with zero attached hydrogens (tertiary/aromatic N) is 2. The van der Waals surface area contributed by atoms with E-state index in [0.29, 0.717) is 27.9 Å². The number of hydrogen-bond donors (Lipinski definition) is 1. The van der Waals surface area contributed by atoms with Gasteiger partial charge in [0.15, 0.2) is 5.43 Å². The summed E-state index contributed by atoms with van der Waals surface area (Å²) >= 11 is 0. The average molecular weight is 395 g/mol. The highest BCUT2D eigenvalue weighted by Gasteiger charge is 2.19. The Bertz CT molecular complexity index is 1330. The predicted molar refractivity (Wildman–Crippen MR) is 118 cm³/mol. The van der Waals surface area contributed by atoms with Gasteiger partial charge in [-0.1, -0.05) is 18.2 Å². The average Bonchev–Trinajstić information content (AvgIpc) is 2.77. The zero-order valence-electron chi connectivity index (χ0n) is 17.1. The van der Waals surface area contributed by atoms with Crippen molar-refractivity contribution < 1.29 is 4.42 Å². The molecule has 0 saturated carbocycles. The number of hydrogen-bond acceptors (Lipinski definition) is 5. The molecule has 5 nitrogen and oxygen atoms in total. The number of rotatable bonds is 4. The second-order valence-corrected chi connectivity index (χ2v) is 7.38. The van der Waals surface area contributed by atoms with Crippen LogP contribution in [0.15, 0.2) is 70.1 Å². The molecule has 4 aromatic rings. The molecule has 1 atom stereocenters. The lowest BCUT2D eigenvalue weighted by Gasteiger charge is -2.19. The van der Waals surface area contributed by atoms with Gasteiger partial charge in [0, 0.05) is 29.1 Å². The van der Waals surface area contributed by atoms with Crippen LogP contribution in [0.3, 0.4) is 0 Å². The van der Waals surface area contributed by atoms with Crippen molar-refractivity contribution in [2.45, 2.75) is 26.8 Å². The topological polar surface area (TPSA) is 78.9 Å². The van der Waals surface area contributed by atoms with Gasteiger partial charge in [0.25, 0.3) is 0 Å².